The maximum absolute atomic E-state index is 14.3. The summed E-state index contributed by atoms with van der Waals surface area (Å²) in [5.41, 5.74) is -0.514. The molecule has 0 amide bonds. The van der Waals surface area contributed by atoms with Crippen molar-refractivity contribution in [1.82, 2.24) is 0 Å². The second-order valence-corrected chi connectivity index (χ2v) is 11.5. The molecule has 212 valence electrons. The van der Waals surface area contributed by atoms with E-state index < -0.39 is 28.9 Å². The Kier molecular flexibility index (Phi) is 7.82. The van der Waals surface area contributed by atoms with Crippen LogP contribution in [0.1, 0.15) is 51.5 Å². The minimum atomic E-state index is -1.41. The average Bonchev–Trinajstić information content (AvgIpc) is 3.28. The third-order valence-corrected chi connectivity index (χ3v) is 8.17. The number of aliphatic carboxylic acids is 1. The van der Waals surface area contributed by atoms with E-state index in [1.54, 1.807) is 36.4 Å². The predicted octanol–water partition coefficient (Wildman–Crippen LogP) is 7.83. The van der Waals surface area contributed by atoms with Crippen LogP contribution < -0.4 is 20.1 Å². The lowest BCUT2D eigenvalue weighted by Crippen LogP contribution is -2.51. The first-order valence-electron chi connectivity index (χ1n) is 13.5. The summed E-state index contributed by atoms with van der Waals surface area (Å²) in [6, 6.07) is 16.7. The van der Waals surface area contributed by atoms with Crippen molar-refractivity contribution in [3.63, 3.8) is 0 Å². The van der Waals surface area contributed by atoms with E-state index in [9.17, 15) is 18.7 Å². The summed E-state index contributed by atoms with van der Waals surface area (Å²) in [7, 11) is 0. The monoisotopic (exact) mass is 570 g/mol. The topological polar surface area (TPSA) is 79.8 Å². The zero-order valence-electron chi connectivity index (χ0n) is 22.5. The number of carboxylic acids is 1. The van der Waals surface area contributed by atoms with Gasteiger partial charge in [0.25, 0.3) is 0 Å². The van der Waals surface area contributed by atoms with E-state index in [0.29, 0.717) is 27.9 Å². The van der Waals surface area contributed by atoms with Crippen LogP contribution in [0.5, 0.6) is 11.5 Å². The van der Waals surface area contributed by atoms with Crippen LogP contribution in [0.3, 0.4) is 0 Å². The number of anilines is 2. The van der Waals surface area contributed by atoms with E-state index in [1.807, 2.05) is 12.1 Å². The fraction of sp³-hybridized carbons (Fsp3) is 0.387. The van der Waals surface area contributed by atoms with E-state index in [0.717, 1.165) is 37.7 Å². The summed E-state index contributed by atoms with van der Waals surface area (Å²) in [4.78, 5) is 11.5. The molecule has 1 atom stereocenters. The minimum Gasteiger partial charge on any atom is -0.493 e. The second-order valence-electron chi connectivity index (χ2n) is 11.1. The third kappa shape index (κ3) is 5.68. The van der Waals surface area contributed by atoms with E-state index in [2.05, 4.69) is 10.6 Å². The summed E-state index contributed by atoms with van der Waals surface area (Å²) >= 11 is 6.23. The van der Waals surface area contributed by atoms with Gasteiger partial charge in [-0.3, -0.25) is 0 Å². The molecule has 0 aromatic heterocycles. The molecule has 2 aliphatic rings. The van der Waals surface area contributed by atoms with Crippen LogP contribution in [0.2, 0.25) is 5.02 Å². The Labute approximate surface area is 237 Å². The Morgan fingerprint density at radius 2 is 1.60 bits per heavy atom. The quantitative estimate of drug-likeness (QED) is 0.243. The Morgan fingerprint density at radius 3 is 2.20 bits per heavy atom. The van der Waals surface area contributed by atoms with E-state index >= 15 is 0 Å². The van der Waals surface area contributed by atoms with Gasteiger partial charge in [-0.05, 0) is 62.4 Å². The Balaban J connectivity index is 1.50. The summed E-state index contributed by atoms with van der Waals surface area (Å²) in [6.45, 7) is 3.25. The minimum absolute atomic E-state index is 0.160. The standard InChI is InChI=1S/C31H33ClF2N2O4/c1-30(2,29(37)38)40-23-10-6-9-22(15-23)39-18-24(19-7-4-3-5-8-19)31(20-11-13-21(32)14-12-20)35-27-16-25(33)26(34)17-28(27)36-31/h6,9-17,19,24,35-36H,3-5,7-8,18H2,1-2H3,(H,37,38). The first kappa shape index (κ1) is 28.0. The smallest absolute Gasteiger partial charge is 0.347 e. The highest BCUT2D eigenvalue weighted by atomic mass is 35.5. The van der Waals surface area contributed by atoms with Crippen molar-refractivity contribution >= 4 is 28.9 Å². The number of benzene rings is 3. The lowest BCUT2D eigenvalue weighted by molar-refractivity contribution is -0.152. The van der Waals surface area contributed by atoms with Crippen molar-refractivity contribution in [3.05, 3.63) is 82.9 Å². The average molecular weight is 571 g/mol. The van der Waals surface area contributed by atoms with Gasteiger partial charge in [0.05, 0.1) is 18.0 Å². The molecule has 1 aliphatic carbocycles. The number of hydrogen-bond acceptors (Lipinski definition) is 5. The highest BCUT2D eigenvalue weighted by Crippen LogP contribution is 2.49. The first-order chi connectivity index (χ1) is 19.1. The van der Waals surface area contributed by atoms with Crippen molar-refractivity contribution in [2.75, 3.05) is 17.2 Å². The number of fused-ring (bicyclic) bond motifs is 1. The molecule has 0 radical (unpaired) electrons. The molecular formula is C31H33ClF2N2O4. The molecule has 0 bridgehead atoms. The Bertz CT molecular complexity index is 1350. The maximum atomic E-state index is 14.3. The summed E-state index contributed by atoms with van der Waals surface area (Å²) < 4.78 is 40.6. The molecule has 3 N–H and O–H groups in total. The zero-order valence-corrected chi connectivity index (χ0v) is 23.2. The number of hydrogen-bond donors (Lipinski definition) is 3. The van der Waals surface area contributed by atoms with Crippen LogP contribution in [0.25, 0.3) is 0 Å². The van der Waals surface area contributed by atoms with Crippen molar-refractivity contribution in [3.8, 4) is 11.5 Å². The predicted molar refractivity (Wildman–Crippen MR) is 151 cm³/mol. The summed E-state index contributed by atoms with van der Waals surface area (Å²) in [5.74, 6) is -1.93. The van der Waals surface area contributed by atoms with Gasteiger partial charge in [-0.25, -0.2) is 13.6 Å². The molecule has 1 unspecified atom stereocenters. The van der Waals surface area contributed by atoms with Crippen LogP contribution in [-0.2, 0) is 10.5 Å². The molecule has 1 heterocycles. The highest BCUT2D eigenvalue weighted by Gasteiger charge is 2.49. The van der Waals surface area contributed by atoms with Gasteiger partial charge in [0.1, 0.15) is 17.2 Å². The molecule has 3 aromatic carbocycles. The largest absolute Gasteiger partial charge is 0.493 e. The van der Waals surface area contributed by atoms with Crippen LogP contribution in [-0.4, -0.2) is 23.3 Å². The van der Waals surface area contributed by atoms with Gasteiger partial charge in [-0.2, -0.15) is 0 Å². The molecule has 40 heavy (non-hydrogen) atoms. The molecule has 5 rings (SSSR count). The van der Waals surface area contributed by atoms with Crippen LogP contribution in [0, 0.1) is 23.5 Å². The van der Waals surface area contributed by atoms with E-state index in [-0.39, 0.29) is 18.4 Å². The van der Waals surface area contributed by atoms with Gasteiger partial charge in [-0.1, -0.05) is 49.1 Å². The van der Waals surface area contributed by atoms with Gasteiger partial charge >= 0.3 is 5.97 Å². The number of halogens is 3. The zero-order chi connectivity index (χ0) is 28.5. The maximum Gasteiger partial charge on any atom is 0.347 e. The molecule has 1 aliphatic heterocycles. The second kappa shape index (κ2) is 11.2. The van der Waals surface area contributed by atoms with Crippen molar-refractivity contribution < 1.29 is 28.2 Å². The van der Waals surface area contributed by atoms with Gasteiger partial charge in [0, 0.05) is 29.1 Å². The third-order valence-electron chi connectivity index (χ3n) is 7.92. The number of ether oxygens (including phenoxy) is 2. The van der Waals surface area contributed by atoms with Gasteiger partial charge in [0.15, 0.2) is 17.2 Å². The molecule has 1 saturated carbocycles. The molecule has 9 heteroatoms. The van der Waals surface area contributed by atoms with E-state index in [4.69, 9.17) is 21.1 Å². The van der Waals surface area contributed by atoms with E-state index in [1.165, 1.54) is 26.0 Å². The molecule has 1 fully saturated rings. The van der Waals surface area contributed by atoms with Gasteiger partial charge in [0.2, 0.25) is 0 Å². The molecule has 6 nitrogen and oxygen atoms in total. The highest BCUT2D eigenvalue weighted by molar-refractivity contribution is 6.30. The fourth-order valence-corrected chi connectivity index (χ4v) is 5.90. The fourth-order valence-electron chi connectivity index (χ4n) is 5.77. The van der Waals surface area contributed by atoms with Gasteiger partial charge < -0.3 is 25.2 Å². The lowest BCUT2D eigenvalue weighted by atomic mass is 9.72. The summed E-state index contributed by atoms with van der Waals surface area (Å²) in [5, 5.41) is 17.1. The number of carboxylic acid groups (broad SMARTS) is 1. The molecule has 0 saturated heterocycles. The number of carbonyl (C=O) groups is 1. The number of nitrogens with one attached hydrogen (secondary N) is 2. The molecule has 0 spiro atoms. The lowest BCUT2D eigenvalue weighted by Gasteiger charge is -2.44. The molecular weight excluding hydrogens is 538 g/mol. The normalized spacial score (nSPS) is 17.3. The van der Waals surface area contributed by atoms with Crippen molar-refractivity contribution in [2.45, 2.75) is 57.2 Å². The van der Waals surface area contributed by atoms with Crippen molar-refractivity contribution in [2.24, 2.45) is 11.8 Å². The molecule has 3 aromatic rings. The van der Waals surface area contributed by atoms with Crippen LogP contribution in [0.15, 0.2) is 60.7 Å². The number of rotatable bonds is 9. The Hall–Kier alpha value is -3.52. The summed E-state index contributed by atoms with van der Waals surface area (Å²) in [6.07, 6.45) is 5.31. The van der Waals surface area contributed by atoms with Crippen molar-refractivity contribution in [1.29, 1.82) is 0 Å². The SMILES string of the molecule is CC(C)(Oc1cccc(OCC(C2CCCCC2)C2(c3ccc(Cl)cc3)Nc3cc(F)c(F)cc3N2)c1)C(=O)O. The first-order valence-corrected chi connectivity index (χ1v) is 13.9. The van der Waals surface area contributed by atoms with Gasteiger partial charge in [-0.15, -0.1) is 0 Å². The van der Waals surface area contributed by atoms with Crippen LogP contribution >= 0.6 is 11.6 Å². The van der Waals surface area contributed by atoms with Crippen LogP contribution in [0.4, 0.5) is 20.2 Å². The Morgan fingerprint density at radius 1 is 1.00 bits per heavy atom.